The molecule has 0 spiro atoms. The normalized spacial score (nSPS) is 17.6. The SMILES string of the molecule is c1cnn(N2CCC2)c1. The molecule has 1 saturated heterocycles. The van der Waals surface area contributed by atoms with Crippen LogP contribution in [-0.4, -0.2) is 23.0 Å². The summed E-state index contributed by atoms with van der Waals surface area (Å²) in [5.74, 6) is 0. The van der Waals surface area contributed by atoms with Gasteiger partial charge in [-0.15, -0.1) is 0 Å². The zero-order chi connectivity index (χ0) is 6.10. The average Bonchev–Trinajstić information content (AvgIpc) is 2.11. The monoisotopic (exact) mass is 123 g/mol. The third kappa shape index (κ3) is 0.686. The molecule has 3 nitrogen and oxygen atoms in total. The van der Waals surface area contributed by atoms with Gasteiger partial charge in [-0.05, 0) is 12.5 Å². The van der Waals surface area contributed by atoms with Crippen LogP contribution in [0.3, 0.4) is 0 Å². The Morgan fingerprint density at radius 2 is 2.22 bits per heavy atom. The van der Waals surface area contributed by atoms with Gasteiger partial charge in [0.05, 0.1) is 6.20 Å². The Hall–Kier alpha value is -0.990. The summed E-state index contributed by atoms with van der Waals surface area (Å²) >= 11 is 0. The average molecular weight is 123 g/mol. The molecule has 0 unspecified atom stereocenters. The Labute approximate surface area is 53.9 Å². The van der Waals surface area contributed by atoms with Gasteiger partial charge >= 0.3 is 0 Å². The molecule has 0 aliphatic carbocycles. The van der Waals surface area contributed by atoms with Crippen LogP contribution >= 0.6 is 0 Å². The highest BCUT2D eigenvalue weighted by Gasteiger charge is 2.12. The second-order valence-electron chi connectivity index (χ2n) is 2.23. The van der Waals surface area contributed by atoms with Crippen molar-refractivity contribution in [3.8, 4) is 0 Å². The van der Waals surface area contributed by atoms with Crippen molar-refractivity contribution in [2.24, 2.45) is 0 Å². The van der Waals surface area contributed by atoms with Crippen molar-refractivity contribution in [2.75, 3.05) is 18.1 Å². The van der Waals surface area contributed by atoms with Gasteiger partial charge in [0, 0.05) is 19.3 Å². The van der Waals surface area contributed by atoms with Crippen molar-refractivity contribution >= 4 is 0 Å². The maximum absolute atomic E-state index is 4.08. The second kappa shape index (κ2) is 1.76. The Morgan fingerprint density at radius 1 is 1.33 bits per heavy atom. The van der Waals surface area contributed by atoms with E-state index in [1.165, 1.54) is 6.42 Å². The first-order valence-electron chi connectivity index (χ1n) is 3.22. The summed E-state index contributed by atoms with van der Waals surface area (Å²) < 4.78 is 0. The van der Waals surface area contributed by atoms with Gasteiger partial charge in [0.15, 0.2) is 0 Å². The van der Waals surface area contributed by atoms with Crippen molar-refractivity contribution in [1.29, 1.82) is 0 Å². The predicted molar refractivity (Wildman–Crippen MR) is 34.8 cm³/mol. The summed E-state index contributed by atoms with van der Waals surface area (Å²) in [6.45, 7) is 2.31. The zero-order valence-electron chi connectivity index (χ0n) is 5.20. The third-order valence-corrected chi connectivity index (χ3v) is 1.61. The highest BCUT2D eigenvalue weighted by atomic mass is 15.7. The summed E-state index contributed by atoms with van der Waals surface area (Å²) in [4.78, 5) is 1.89. The third-order valence-electron chi connectivity index (χ3n) is 1.61. The highest BCUT2D eigenvalue weighted by molar-refractivity contribution is 4.94. The molecular formula is C6H9N3. The number of hydrogen-bond donors (Lipinski definition) is 0. The van der Waals surface area contributed by atoms with Crippen molar-refractivity contribution in [3.63, 3.8) is 0 Å². The fraction of sp³-hybridized carbons (Fsp3) is 0.500. The fourth-order valence-corrected chi connectivity index (χ4v) is 0.933. The summed E-state index contributed by atoms with van der Waals surface area (Å²) in [6.07, 6.45) is 5.08. The zero-order valence-corrected chi connectivity index (χ0v) is 5.20. The molecule has 1 aliphatic heterocycles. The van der Waals surface area contributed by atoms with E-state index in [0.29, 0.717) is 0 Å². The molecule has 0 atom stereocenters. The van der Waals surface area contributed by atoms with Gasteiger partial charge in [-0.1, -0.05) is 0 Å². The van der Waals surface area contributed by atoms with E-state index in [1.807, 2.05) is 17.1 Å². The molecule has 0 radical (unpaired) electrons. The first-order chi connectivity index (χ1) is 4.47. The molecule has 0 amide bonds. The van der Waals surface area contributed by atoms with Gasteiger partial charge in [-0.2, -0.15) is 9.89 Å². The highest BCUT2D eigenvalue weighted by Crippen LogP contribution is 2.02. The van der Waals surface area contributed by atoms with E-state index in [0.717, 1.165) is 13.1 Å². The molecule has 1 aromatic heterocycles. The second-order valence-corrected chi connectivity index (χ2v) is 2.23. The molecule has 2 heterocycles. The number of nitrogens with zero attached hydrogens (tertiary/aromatic N) is 3. The minimum atomic E-state index is 1.15. The van der Waals surface area contributed by atoms with E-state index in [-0.39, 0.29) is 0 Å². The maximum Gasteiger partial charge on any atom is 0.0510 e. The van der Waals surface area contributed by atoms with E-state index < -0.39 is 0 Å². The first-order valence-corrected chi connectivity index (χ1v) is 3.22. The van der Waals surface area contributed by atoms with Crippen LogP contribution in [0.25, 0.3) is 0 Å². The Kier molecular flexibility index (Phi) is 0.946. The van der Waals surface area contributed by atoms with Gasteiger partial charge in [-0.25, -0.2) is 0 Å². The van der Waals surface area contributed by atoms with Crippen LogP contribution in [-0.2, 0) is 0 Å². The molecule has 0 saturated carbocycles. The molecular weight excluding hydrogens is 114 g/mol. The van der Waals surface area contributed by atoms with Gasteiger partial charge in [0.25, 0.3) is 0 Å². The van der Waals surface area contributed by atoms with Crippen LogP contribution in [0.4, 0.5) is 0 Å². The van der Waals surface area contributed by atoms with E-state index in [9.17, 15) is 0 Å². The van der Waals surface area contributed by atoms with Crippen molar-refractivity contribution in [2.45, 2.75) is 6.42 Å². The molecule has 48 valence electrons. The van der Waals surface area contributed by atoms with Gasteiger partial charge in [0.1, 0.15) is 0 Å². The summed E-state index contributed by atoms with van der Waals surface area (Å²) in [7, 11) is 0. The molecule has 0 N–H and O–H groups in total. The van der Waals surface area contributed by atoms with Crippen LogP contribution in [0.2, 0.25) is 0 Å². The molecule has 0 bridgehead atoms. The van der Waals surface area contributed by atoms with E-state index in [2.05, 4.69) is 10.1 Å². The van der Waals surface area contributed by atoms with Gasteiger partial charge in [-0.3, -0.25) is 5.01 Å². The molecule has 0 aromatic carbocycles. The molecule has 1 fully saturated rings. The van der Waals surface area contributed by atoms with Crippen molar-refractivity contribution in [3.05, 3.63) is 18.5 Å². The van der Waals surface area contributed by atoms with Crippen LogP contribution in [0.1, 0.15) is 6.42 Å². The lowest BCUT2D eigenvalue weighted by atomic mass is 10.3. The van der Waals surface area contributed by atoms with Crippen molar-refractivity contribution in [1.82, 2.24) is 9.89 Å². The van der Waals surface area contributed by atoms with Crippen molar-refractivity contribution < 1.29 is 0 Å². The Bertz CT molecular complexity index is 176. The summed E-state index contributed by atoms with van der Waals surface area (Å²) in [6, 6.07) is 1.94. The Morgan fingerprint density at radius 3 is 2.67 bits per heavy atom. The maximum atomic E-state index is 4.08. The number of hydrogen-bond acceptors (Lipinski definition) is 2. The van der Waals surface area contributed by atoms with Crippen LogP contribution in [0.15, 0.2) is 18.5 Å². The molecule has 1 aromatic rings. The fourth-order valence-electron chi connectivity index (χ4n) is 0.933. The van der Waals surface area contributed by atoms with Gasteiger partial charge in [0.2, 0.25) is 0 Å². The number of rotatable bonds is 1. The van der Waals surface area contributed by atoms with E-state index in [4.69, 9.17) is 0 Å². The smallest absolute Gasteiger partial charge is 0.0510 e. The standard InChI is InChI=1S/C6H9N3/c1-3-7-9(6-1)8-4-2-5-8/h1,3,6H,2,4-5H2. The molecule has 1 aliphatic rings. The lowest BCUT2D eigenvalue weighted by Gasteiger charge is -2.32. The topological polar surface area (TPSA) is 21.1 Å². The predicted octanol–water partition coefficient (Wildman–Crippen LogP) is 0.225. The lowest BCUT2D eigenvalue weighted by Crippen LogP contribution is -2.45. The summed E-state index contributed by atoms with van der Waals surface area (Å²) in [5, 5.41) is 6.28. The molecule has 2 rings (SSSR count). The van der Waals surface area contributed by atoms with E-state index >= 15 is 0 Å². The first kappa shape index (κ1) is 4.85. The van der Waals surface area contributed by atoms with Crippen LogP contribution in [0.5, 0.6) is 0 Å². The van der Waals surface area contributed by atoms with E-state index in [1.54, 1.807) is 6.20 Å². The molecule has 3 heteroatoms. The lowest BCUT2D eigenvalue weighted by molar-refractivity contribution is 0.435. The molecule has 9 heavy (non-hydrogen) atoms. The number of aromatic nitrogens is 2. The summed E-state index contributed by atoms with van der Waals surface area (Å²) in [5.41, 5.74) is 0. The van der Waals surface area contributed by atoms with Gasteiger partial charge < -0.3 is 0 Å². The minimum absolute atomic E-state index is 1.15. The van der Waals surface area contributed by atoms with Crippen LogP contribution < -0.4 is 5.01 Å². The minimum Gasteiger partial charge on any atom is -0.297 e. The largest absolute Gasteiger partial charge is 0.297 e. The quantitative estimate of drug-likeness (QED) is 0.533. The van der Waals surface area contributed by atoms with Crippen LogP contribution in [0, 0.1) is 0 Å². The Balaban J connectivity index is 2.14.